The van der Waals surface area contributed by atoms with Crippen molar-refractivity contribution in [3.8, 4) is 5.75 Å². The lowest BCUT2D eigenvalue weighted by atomic mass is 9.60. The normalized spacial score (nSPS) is 24.2. The van der Waals surface area contributed by atoms with Crippen molar-refractivity contribution in [3.63, 3.8) is 0 Å². The number of ketones is 2. The molecule has 3 aliphatic rings. The number of amides is 2. The molecule has 12 nitrogen and oxygen atoms in total. The van der Waals surface area contributed by atoms with Crippen LogP contribution in [0.15, 0.2) is 28.7 Å². The summed E-state index contributed by atoms with van der Waals surface area (Å²) in [4.78, 5) is 52.5. The lowest BCUT2D eigenvalue weighted by molar-refractivity contribution is -0.144. The number of halogens is 3. The van der Waals surface area contributed by atoms with Crippen LogP contribution in [0, 0.1) is 11.8 Å². The fourth-order valence-electron chi connectivity index (χ4n) is 5.62. The zero-order valence-corrected chi connectivity index (χ0v) is 23.5. The van der Waals surface area contributed by atoms with Gasteiger partial charge in [-0.05, 0) is 30.4 Å². The van der Waals surface area contributed by atoms with Crippen LogP contribution in [-0.4, -0.2) is 74.1 Å². The van der Waals surface area contributed by atoms with Gasteiger partial charge in [0.2, 0.25) is 9.58 Å². The molecule has 1 aromatic rings. The molecule has 15 heteroatoms. The molecule has 216 valence electrons. The van der Waals surface area contributed by atoms with Crippen LogP contribution >= 0.6 is 34.8 Å². The molecule has 0 radical (unpaired) electrons. The van der Waals surface area contributed by atoms with Gasteiger partial charge in [-0.2, -0.15) is 0 Å². The molecule has 0 spiro atoms. The van der Waals surface area contributed by atoms with Crippen LogP contribution in [-0.2, 0) is 27.3 Å². The third-order valence-electron chi connectivity index (χ3n) is 7.39. The average Bonchev–Trinajstić information content (AvgIpc) is 2.83. The quantitative estimate of drug-likeness (QED) is 0.210. The lowest BCUT2D eigenvalue weighted by Crippen LogP contribution is -2.57. The number of hydrogen-bond acceptors (Lipinski definition) is 10. The number of aromatic hydroxyl groups is 1. The number of carbonyl (C=O) groups excluding carboxylic acids is 4. The van der Waals surface area contributed by atoms with Crippen LogP contribution in [0.2, 0.25) is 0 Å². The molecule has 0 aliphatic heterocycles. The highest BCUT2D eigenvalue weighted by atomic mass is 35.6. The first-order valence-electron chi connectivity index (χ1n) is 12.0. The summed E-state index contributed by atoms with van der Waals surface area (Å²) >= 11 is 16.7. The van der Waals surface area contributed by atoms with E-state index < -0.39 is 74.2 Å². The standard InChI is InChI=1S/C25H26Cl3N3O9/c1-31(2)13-5-10(7-30-23(38)40-8-24(26,27)28)18(33)16-12(13)4-9-3-11-6-14(32)17(22(29)37)21(36)25(11,39)20(35)15(9)19(16)34/h5,9,11,32-33,35,39H,3-4,6-8H2,1-2H3,(H2,29,37)(H,30,38)/t9-,11+,25+/m1/s1. The molecule has 0 heterocycles. The molecular formula is C25H26Cl3N3O9. The number of nitrogens with zero attached hydrogens (tertiary/aromatic N) is 1. The first-order valence-corrected chi connectivity index (χ1v) is 13.1. The van der Waals surface area contributed by atoms with Crippen molar-refractivity contribution < 1.29 is 44.3 Å². The molecule has 0 saturated carbocycles. The Kier molecular flexibility index (Phi) is 7.69. The van der Waals surface area contributed by atoms with E-state index in [1.807, 2.05) is 0 Å². The van der Waals surface area contributed by atoms with Crippen LogP contribution in [0.4, 0.5) is 10.5 Å². The van der Waals surface area contributed by atoms with Gasteiger partial charge in [-0.3, -0.25) is 14.4 Å². The zero-order chi connectivity index (χ0) is 29.9. The Hall–Kier alpha value is -3.19. The minimum absolute atomic E-state index is 0.00883. The smallest absolute Gasteiger partial charge is 0.407 e. The summed E-state index contributed by atoms with van der Waals surface area (Å²) in [6.07, 6.45) is -1.14. The van der Waals surface area contributed by atoms with Crippen molar-refractivity contribution in [3.05, 3.63) is 45.4 Å². The summed E-state index contributed by atoms with van der Waals surface area (Å²) in [5.41, 5.74) is 2.32. The molecule has 40 heavy (non-hydrogen) atoms. The fourth-order valence-corrected chi connectivity index (χ4v) is 5.78. The van der Waals surface area contributed by atoms with Gasteiger partial charge in [-0.1, -0.05) is 34.8 Å². The molecular weight excluding hydrogens is 593 g/mol. The highest BCUT2D eigenvalue weighted by molar-refractivity contribution is 6.67. The molecule has 4 rings (SSSR count). The van der Waals surface area contributed by atoms with Gasteiger partial charge in [-0.15, -0.1) is 0 Å². The van der Waals surface area contributed by atoms with E-state index in [0.717, 1.165) is 0 Å². The fraction of sp³-hybridized carbons (Fsp3) is 0.440. The maximum Gasteiger partial charge on any atom is 0.407 e. The van der Waals surface area contributed by atoms with E-state index in [2.05, 4.69) is 5.32 Å². The molecule has 0 unspecified atom stereocenters. The van der Waals surface area contributed by atoms with E-state index in [1.54, 1.807) is 25.1 Å². The van der Waals surface area contributed by atoms with Crippen molar-refractivity contribution in [2.24, 2.45) is 17.6 Å². The number of rotatable bonds is 5. The molecule has 1 aromatic carbocycles. The highest BCUT2D eigenvalue weighted by Gasteiger charge is 2.59. The minimum Gasteiger partial charge on any atom is -0.511 e. The Bertz CT molecular complexity index is 1400. The molecule has 3 aliphatic carbocycles. The molecule has 0 fully saturated rings. The Balaban J connectivity index is 1.76. The van der Waals surface area contributed by atoms with E-state index in [1.165, 1.54) is 0 Å². The Morgan fingerprint density at radius 3 is 2.42 bits per heavy atom. The SMILES string of the molecule is CN(C)c1cc(CNC(=O)OCC(Cl)(Cl)Cl)c(O)c2c1C[C@H]1C[C@H]3CC(O)=C(C(N)=O)C(=O)[C@@]3(O)C(O)=C1C2=O. The number of benzene rings is 1. The van der Waals surface area contributed by atoms with Gasteiger partial charge in [0.05, 0.1) is 5.56 Å². The third kappa shape index (κ3) is 4.93. The summed E-state index contributed by atoms with van der Waals surface area (Å²) < 4.78 is 2.97. The number of nitrogens with one attached hydrogen (secondary N) is 1. The first kappa shape index (κ1) is 29.8. The average molecular weight is 619 g/mol. The Morgan fingerprint density at radius 2 is 1.85 bits per heavy atom. The summed E-state index contributed by atoms with van der Waals surface area (Å²) in [5.74, 6) is -7.20. The number of Topliss-reactive ketones (excluding diaryl/α,β-unsaturated/α-hetero) is 2. The topological polar surface area (TPSA) is 200 Å². The van der Waals surface area contributed by atoms with Crippen LogP contribution < -0.4 is 16.0 Å². The third-order valence-corrected chi connectivity index (χ3v) is 7.72. The van der Waals surface area contributed by atoms with E-state index in [4.69, 9.17) is 45.3 Å². The van der Waals surface area contributed by atoms with Gasteiger partial charge < -0.3 is 41.1 Å². The number of nitrogens with two attached hydrogens (primary N) is 1. The molecule has 0 saturated heterocycles. The van der Waals surface area contributed by atoms with Crippen molar-refractivity contribution in [2.75, 3.05) is 25.6 Å². The number of phenols is 1. The minimum atomic E-state index is -2.67. The number of fused-ring (bicyclic) bond motifs is 3. The summed E-state index contributed by atoms with van der Waals surface area (Å²) in [6, 6.07) is 1.57. The number of aliphatic hydroxyl groups is 3. The predicted octanol–water partition coefficient (Wildman–Crippen LogP) is 2.24. The number of anilines is 1. The second-order valence-electron chi connectivity index (χ2n) is 10.1. The number of phenolic OH excluding ortho intramolecular Hbond substituents is 1. The number of ether oxygens (including phenoxy) is 1. The second-order valence-corrected chi connectivity index (χ2v) is 12.6. The number of carbonyl (C=O) groups is 4. The number of alkyl halides is 3. The van der Waals surface area contributed by atoms with E-state index >= 15 is 0 Å². The Morgan fingerprint density at radius 1 is 1.20 bits per heavy atom. The molecule has 3 atom stereocenters. The second kappa shape index (κ2) is 10.3. The molecule has 0 bridgehead atoms. The van der Waals surface area contributed by atoms with Gasteiger partial charge in [-0.25, -0.2) is 4.79 Å². The van der Waals surface area contributed by atoms with Gasteiger partial charge in [0, 0.05) is 49.8 Å². The van der Waals surface area contributed by atoms with E-state index in [9.17, 15) is 39.6 Å². The van der Waals surface area contributed by atoms with Crippen molar-refractivity contribution in [2.45, 2.75) is 35.2 Å². The number of allylic oxidation sites excluding steroid dienone is 2. The summed E-state index contributed by atoms with van der Waals surface area (Å²) in [6.45, 7) is -0.833. The summed E-state index contributed by atoms with van der Waals surface area (Å²) in [5, 5.41) is 46.4. The molecule has 2 amide bonds. The maximum absolute atomic E-state index is 13.8. The van der Waals surface area contributed by atoms with E-state index in [-0.39, 0.29) is 42.5 Å². The van der Waals surface area contributed by atoms with Crippen molar-refractivity contribution in [1.82, 2.24) is 5.32 Å². The molecule has 7 N–H and O–H groups in total. The number of aliphatic hydroxyl groups excluding tert-OH is 2. The Labute approximate surface area is 242 Å². The zero-order valence-electron chi connectivity index (χ0n) is 21.3. The molecule has 0 aromatic heterocycles. The number of hydrogen-bond donors (Lipinski definition) is 6. The highest BCUT2D eigenvalue weighted by Crippen LogP contribution is 2.52. The van der Waals surface area contributed by atoms with Crippen LogP contribution in [0.25, 0.3) is 0 Å². The van der Waals surface area contributed by atoms with Gasteiger partial charge in [0.15, 0.2) is 11.4 Å². The maximum atomic E-state index is 13.8. The van der Waals surface area contributed by atoms with Crippen molar-refractivity contribution in [1.29, 1.82) is 0 Å². The van der Waals surface area contributed by atoms with Crippen LogP contribution in [0.1, 0.15) is 34.3 Å². The van der Waals surface area contributed by atoms with Crippen LogP contribution in [0.5, 0.6) is 5.75 Å². The monoisotopic (exact) mass is 617 g/mol. The number of primary amides is 1. The van der Waals surface area contributed by atoms with Gasteiger partial charge in [0.1, 0.15) is 29.4 Å². The lowest BCUT2D eigenvalue weighted by Gasteiger charge is -2.46. The van der Waals surface area contributed by atoms with E-state index in [0.29, 0.717) is 11.3 Å². The largest absolute Gasteiger partial charge is 0.511 e. The predicted molar refractivity (Wildman–Crippen MR) is 144 cm³/mol. The van der Waals surface area contributed by atoms with Gasteiger partial charge in [0.25, 0.3) is 5.91 Å². The van der Waals surface area contributed by atoms with Crippen LogP contribution in [0.3, 0.4) is 0 Å². The first-order chi connectivity index (χ1) is 18.5. The van der Waals surface area contributed by atoms with Gasteiger partial charge >= 0.3 is 6.09 Å². The number of alkyl carbamates (subject to hydrolysis) is 1. The summed E-state index contributed by atoms with van der Waals surface area (Å²) in [7, 11) is 3.42. The van der Waals surface area contributed by atoms with Crippen molar-refractivity contribution >= 4 is 64.1 Å².